The first-order chi connectivity index (χ1) is 11.9. The van der Waals surface area contributed by atoms with Gasteiger partial charge in [0.1, 0.15) is 5.58 Å². The number of hydrogen-bond acceptors (Lipinski definition) is 3. The minimum absolute atomic E-state index is 0.118. The normalized spacial score (nSPS) is 10.8. The number of nitrogens with one attached hydrogen (secondary N) is 1. The Hall–Kier alpha value is -2.59. The third-order valence-electron chi connectivity index (χ3n) is 4.01. The zero-order valence-corrected chi connectivity index (χ0v) is 14.8. The van der Waals surface area contributed by atoms with Crippen LogP contribution in [0, 0.1) is 13.8 Å². The van der Waals surface area contributed by atoms with Crippen LogP contribution in [0.1, 0.15) is 22.3 Å². The van der Waals surface area contributed by atoms with Crippen LogP contribution in [0.25, 0.3) is 11.0 Å². The van der Waals surface area contributed by atoms with Crippen molar-refractivity contribution in [3.8, 4) is 0 Å². The lowest BCUT2D eigenvalue weighted by Gasteiger charge is -2.10. The number of aryl methyl sites for hydroxylation is 2. The Labute approximate surface area is 150 Å². The minimum Gasteiger partial charge on any atom is -0.422 e. The first kappa shape index (κ1) is 17.2. The van der Waals surface area contributed by atoms with Crippen LogP contribution in [0.3, 0.4) is 0 Å². The van der Waals surface area contributed by atoms with Gasteiger partial charge in [-0.15, -0.1) is 0 Å². The summed E-state index contributed by atoms with van der Waals surface area (Å²) in [5, 5.41) is 4.36. The van der Waals surface area contributed by atoms with Crippen LogP contribution in [0.15, 0.2) is 51.7 Å². The largest absolute Gasteiger partial charge is 0.422 e. The van der Waals surface area contributed by atoms with Gasteiger partial charge in [-0.05, 0) is 54.3 Å². The summed E-state index contributed by atoms with van der Waals surface area (Å²) in [6.07, 6.45) is 0.259. The minimum atomic E-state index is -0.415. The maximum Gasteiger partial charge on any atom is 0.336 e. The smallest absolute Gasteiger partial charge is 0.336 e. The SMILES string of the molecule is Cc1cc(C)c2oc(=O)cc(CNC(=O)Cc3ccc(Cl)cc3)c2c1. The average molecular weight is 356 g/mol. The van der Waals surface area contributed by atoms with Gasteiger partial charge in [0.2, 0.25) is 5.91 Å². The fraction of sp³-hybridized carbons (Fsp3) is 0.200. The molecule has 1 aromatic heterocycles. The fourth-order valence-electron chi connectivity index (χ4n) is 2.87. The van der Waals surface area contributed by atoms with Crippen LogP contribution in [0.4, 0.5) is 0 Å². The van der Waals surface area contributed by atoms with Gasteiger partial charge < -0.3 is 9.73 Å². The lowest BCUT2D eigenvalue weighted by atomic mass is 10.0. The Morgan fingerprint density at radius 2 is 1.84 bits per heavy atom. The van der Waals surface area contributed by atoms with E-state index in [1.54, 1.807) is 12.1 Å². The van der Waals surface area contributed by atoms with Gasteiger partial charge in [-0.3, -0.25) is 4.79 Å². The second kappa shape index (κ2) is 7.11. The number of rotatable bonds is 4. The van der Waals surface area contributed by atoms with E-state index in [-0.39, 0.29) is 18.9 Å². The number of benzene rings is 2. The van der Waals surface area contributed by atoms with Crippen LogP contribution < -0.4 is 10.9 Å². The van der Waals surface area contributed by atoms with Gasteiger partial charge in [0.25, 0.3) is 0 Å². The van der Waals surface area contributed by atoms with Gasteiger partial charge in [-0.2, -0.15) is 0 Å². The standard InChI is InChI=1S/C20H18ClNO3/c1-12-7-13(2)20-17(8-12)15(10-19(24)25-20)11-22-18(23)9-14-3-5-16(21)6-4-14/h3-8,10H,9,11H2,1-2H3,(H,22,23). The molecule has 3 rings (SSSR count). The molecule has 1 N–H and O–H groups in total. The molecule has 1 heterocycles. The molecule has 0 aliphatic heterocycles. The zero-order chi connectivity index (χ0) is 18.0. The second-order valence-corrected chi connectivity index (χ2v) is 6.57. The Morgan fingerprint density at radius 1 is 1.12 bits per heavy atom. The second-order valence-electron chi connectivity index (χ2n) is 6.13. The van der Waals surface area contributed by atoms with Crippen molar-refractivity contribution < 1.29 is 9.21 Å². The van der Waals surface area contributed by atoms with E-state index in [2.05, 4.69) is 5.32 Å². The van der Waals surface area contributed by atoms with Gasteiger partial charge >= 0.3 is 5.63 Å². The molecule has 0 saturated heterocycles. The number of hydrogen-bond donors (Lipinski definition) is 1. The summed E-state index contributed by atoms with van der Waals surface area (Å²) in [6, 6.07) is 12.5. The number of fused-ring (bicyclic) bond motifs is 1. The molecule has 1 amide bonds. The molecule has 0 aliphatic rings. The van der Waals surface area contributed by atoms with E-state index in [0.29, 0.717) is 10.6 Å². The van der Waals surface area contributed by atoms with Crippen molar-refractivity contribution in [3.05, 3.63) is 80.2 Å². The molecule has 2 aromatic carbocycles. The van der Waals surface area contributed by atoms with Gasteiger partial charge in [-0.25, -0.2) is 4.79 Å². The Morgan fingerprint density at radius 3 is 2.56 bits per heavy atom. The van der Waals surface area contributed by atoms with Gasteiger partial charge in [0.05, 0.1) is 6.42 Å². The molecule has 128 valence electrons. The molecule has 5 heteroatoms. The summed E-state index contributed by atoms with van der Waals surface area (Å²) in [6.45, 7) is 4.17. The van der Waals surface area contributed by atoms with Crippen molar-refractivity contribution in [1.29, 1.82) is 0 Å². The topological polar surface area (TPSA) is 59.3 Å². The molecular formula is C20H18ClNO3. The highest BCUT2D eigenvalue weighted by atomic mass is 35.5. The Kier molecular flexibility index (Phi) is 4.91. The molecule has 3 aromatic rings. The predicted octanol–water partition coefficient (Wildman–Crippen LogP) is 3.92. The molecule has 0 radical (unpaired) electrons. The molecule has 0 unspecified atom stereocenters. The van der Waals surface area contributed by atoms with Crippen molar-refractivity contribution in [2.45, 2.75) is 26.8 Å². The van der Waals surface area contributed by atoms with Gasteiger partial charge in [0, 0.05) is 23.0 Å². The molecule has 0 fully saturated rings. The summed E-state index contributed by atoms with van der Waals surface area (Å²) < 4.78 is 5.32. The van der Waals surface area contributed by atoms with Crippen LogP contribution in [0.5, 0.6) is 0 Å². The summed E-state index contributed by atoms with van der Waals surface area (Å²) in [4.78, 5) is 24.0. The van der Waals surface area contributed by atoms with E-state index in [1.165, 1.54) is 6.07 Å². The van der Waals surface area contributed by atoms with Crippen molar-refractivity contribution >= 4 is 28.5 Å². The third-order valence-corrected chi connectivity index (χ3v) is 4.27. The van der Waals surface area contributed by atoms with Crippen LogP contribution in [-0.4, -0.2) is 5.91 Å². The van der Waals surface area contributed by atoms with Crippen molar-refractivity contribution in [3.63, 3.8) is 0 Å². The van der Waals surface area contributed by atoms with Crippen molar-refractivity contribution in [1.82, 2.24) is 5.32 Å². The predicted molar refractivity (Wildman–Crippen MR) is 99.0 cm³/mol. The van der Waals surface area contributed by atoms with E-state index in [9.17, 15) is 9.59 Å². The number of carbonyl (C=O) groups excluding carboxylic acids is 1. The lowest BCUT2D eigenvalue weighted by molar-refractivity contribution is -0.120. The quantitative estimate of drug-likeness (QED) is 0.721. The molecule has 0 saturated carbocycles. The summed E-state index contributed by atoms with van der Waals surface area (Å²) in [5.74, 6) is -0.118. The highest BCUT2D eigenvalue weighted by Gasteiger charge is 2.10. The molecule has 0 spiro atoms. The molecule has 0 bridgehead atoms. The average Bonchev–Trinajstić information content (AvgIpc) is 2.56. The number of halogens is 1. The first-order valence-electron chi connectivity index (χ1n) is 7.97. The van der Waals surface area contributed by atoms with E-state index < -0.39 is 5.63 Å². The van der Waals surface area contributed by atoms with Gasteiger partial charge in [-0.1, -0.05) is 29.8 Å². The number of carbonyl (C=O) groups is 1. The Balaban J connectivity index is 1.79. The fourth-order valence-corrected chi connectivity index (χ4v) is 2.99. The lowest BCUT2D eigenvalue weighted by Crippen LogP contribution is -2.25. The van der Waals surface area contributed by atoms with Gasteiger partial charge in [0.15, 0.2) is 0 Å². The highest BCUT2D eigenvalue weighted by molar-refractivity contribution is 6.30. The van der Waals surface area contributed by atoms with Crippen LogP contribution >= 0.6 is 11.6 Å². The van der Waals surface area contributed by atoms with Crippen molar-refractivity contribution in [2.75, 3.05) is 0 Å². The maximum atomic E-state index is 12.2. The van der Waals surface area contributed by atoms with Crippen LogP contribution in [-0.2, 0) is 17.8 Å². The molecule has 0 atom stereocenters. The third kappa shape index (κ3) is 4.09. The molecular weight excluding hydrogens is 338 g/mol. The first-order valence-corrected chi connectivity index (χ1v) is 8.35. The van der Waals surface area contributed by atoms with E-state index >= 15 is 0 Å². The summed E-state index contributed by atoms with van der Waals surface area (Å²) >= 11 is 5.85. The highest BCUT2D eigenvalue weighted by Crippen LogP contribution is 2.22. The monoisotopic (exact) mass is 355 g/mol. The number of amides is 1. The summed E-state index contributed by atoms with van der Waals surface area (Å²) in [5.41, 5.74) is 3.77. The Bertz CT molecular complexity index is 990. The molecule has 25 heavy (non-hydrogen) atoms. The molecule has 4 nitrogen and oxygen atoms in total. The van der Waals surface area contributed by atoms with Crippen LogP contribution in [0.2, 0.25) is 5.02 Å². The zero-order valence-electron chi connectivity index (χ0n) is 14.1. The van der Waals surface area contributed by atoms with E-state index in [1.807, 2.05) is 38.1 Å². The summed E-state index contributed by atoms with van der Waals surface area (Å²) in [7, 11) is 0. The van der Waals surface area contributed by atoms with E-state index in [0.717, 1.165) is 27.6 Å². The van der Waals surface area contributed by atoms with E-state index in [4.69, 9.17) is 16.0 Å². The van der Waals surface area contributed by atoms with Crippen molar-refractivity contribution in [2.24, 2.45) is 0 Å². The maximum absolute atomic E-state index is 12.2. The molecule has 0 aliphatic carbocycles.